The smallest absolute Gasteiger partial charge is 0.0870 e. The molecule has 1 saturated heterocycles. The van der Waals surface area contributed by atoms with Crippen LogP contribution in [0.1, 0.15) is 32.1 Å². The van der Waals surface area contributed by atoms with Crippen molar-refractivity contribution < 1.29 is 4.74 Å². The summed E-state index contributed by atoms with van der Waals surface area (Å²) in [5.74, 6) is 2.05. The highest BCUT2D eigenvalue weighted by atomic mass is 16.6. The van der Waals surface area contributed by atoms with Gasteiger partial charge in [0.2, 0.25) is 0 Å². The van der Waals surface area contributed by atoms with Crippen molar-refractivity contribution in [2.24, 2.45) is 11.8 Å². The highest BCUT2D eigenvalue weighted by molar-refractivity contribution is 4.97. The minimum absolute atomic E-state index is 0.704. The molecule has 0 aromatic rings. The molecule has 3 rings (SSSR count). The third kappa shape index (κ3) is 0.672. The molecule has 2 aliphatic carbocycles. The summed E-state index contributed by atoms with van der Waals surface area (Å²) >= 11 is 0. The van der Waals surface area contributed by atoms with E-state index in [1.165, 1.54) is 32.1 Å². The highest BCUT2D eigenvalue weighted by Gasteiger charge is 2.49. The van der Waals surface area contributed by atoms with Crippen molar-refractivity contribution in [3.8, 4) is 0 Å². The molecule has 56 valence electrons. The van der Waals surface area contributed by atoms with Crippen LogP contribution in [0.3, 0.4) is 0 Å². The molecule has 0 aromatic carbocycles. The molecule has 0 aromatic heterocycles. The zero-order valence-electron chi connectivity index (χ0n) is 6.25. The molecule has 2 saturated carbocycles. The Kier molecular flexibility index (Phi) is 0.984. The van der Waals surface area contributed by atoms with Crippen molar-refractivity contribution in [2.75, 3.05) is 0 Å². The molecular formula is C9H14O. The fourth-order valence-electron chi connectivity index (χ4n) is 2.88. The second-order valence-electron chi connectivity index (χ2n) is 4.16. The van der Waals surface area contributed by atoms with Crippen LogP contribution in [-0.2, 0) is 4.74 Å². The summed E-state index contributed by atoms with van der Waals surface area (Å²) in [6.07, 6.45) is 8.69. The van der Waals surface area contributed by atoms with Crippen molar-refractivity contribution in [3.63, 3.8) is 0 Å². The summed E-state index contributed by atoms with van der Waals surface area (Å²) in [5.41, 5.74) is 0. The number of epoxide rings is 1. The van der Waals surface area contributed by atoms with Crippen molar-refractivity contribution >= 4 is 0 Å². The first kappa shape index (κ1) is 5.59. The van der Waals surface area contributed by atoms with Gasteiger partial charge in [0.15, 0.2) is 0 Å². The van der Waals surface area contributed by atoms with E-state index in [2.05, 4.69) is 0 Å². The quantitative estimate of drug-likeness (QED) is 0.466. The number of ether oxygens (including phenoxy) is 1. The van der Waals surface area contributed by atoms with Gasteiger partial charge in [-0.1, -0.05) is 6.42 Å². The molecule has 1 heterocycles. The van der Waals surface area contributed by atoms with E-state index >= 15 is 0 Å². The Balaban J connectivity index is 1.83. The van der Waals surface area contributed by atoms with Crippen molar-refractivity contribution in [2.45, 2.75) is 44.3 Å². The predicted octanol–water partition coefficient (Wildman–Crippen LogP) is 1.96. The molecule has 0 radical (unpaired) electrons. The summed E-state index contributed by atoms with van der Waals surface area (Å²) < 4.78 is 5.59. The molecule has 1 heteroatoms. The lowest BCUT2D eigenvalue weighted by Gasteiger charge is -2.04. The fraction of sp³-hybridized carbons (Fsp3) is 1.00. The fourth-order valence-corrected chi connectivity index (χ4v) is 2.88. The number of hydrogen-bond acceptors (Lipinski definition) is 1. The third-order valence-corrected chi connectivity index (χ3v) is 3.53. The summed E-state index contributed by atoms with van der Waals surface area (Å²) in [5, 5.41) is 0. The lowest BCUT2D eigenvalue weighted by Crippen LogP contribution is -2.04. The van der Waals surface area contributed by atoms with Gasteiger partial charge in [0.1, 0.15) is 0 Å². The first-order chi connectivity index (χ1) is 4.93. The van der Waals surface area contributed by atoms with Crippen LogP contribution < -0.4 is 0 Å². The Morgan fingerprint density at radius 2 is 1.90 bits per heavy atom. The third-order valence-electron chi connectivity index (χ3n) is 3.53. The highest BCUT2D eigenvalue weighted by Crippen LogP contribution is 2.48. The van der Waals surface area contributed by atoms with Gasteiger partial charge in [0, 0.05) is 0 Å². The van der Waals surface area contributed by atoms with Crippen LogP contribution in [0, 0.1) is 11.8 Å². The van der Waals surface area contributed by atoms with E-state index in [-0.39, 0.29) is 0 Å². The molecular weight excluding hydrogens is 124 g/mol. The maximum absolute atomic E-state index is 5.59. The van der Waals surface area contributed by atoms with Crippen molar-refractivity contribution in [3.05, 3.63) is 0 Å². The van der Waals surface area contributed by atoms with Crippen LogP contribution in [0.4, 0.5) is 0 Å². The van der Waals surface area contributed by atoms with Gasteiger partial charge in [-0.3, -0.25) is 0 Å². The van der Waals surface area contributed by atoms with Crippen LogP contribution in [0.5, 0.6) is 0 Å². The van der Waals surface area contributed by atoms with Gasteiger partial charge in [0.25, 0.3) is 0 Å². The van der Waals surface area contributed by atoms with Gasteiger partial charge in [0.05, 0.1) is 12.2 Å². The van der Waals surface area contributed by atoms with Crippen LogP contribution in [0.25, 0.3) is 0 Å². The second-order valence-corrected chi connectivity index (χ2v) is 4.16. The van der Waals surface area contributed by atoms with Crippen LogP contribution in [0.2, 0.25) is 0 Å². The van der Waals surface area contributed by atoms with Gasteiger partial charge < -0.3 is 4.74 Å². The Morgan fingerprint density at radius 3 is 2.90 bits per heavy atom. The first-order valence-corrected chi connectivity index (χ1v) is 4.59. The molecule has 10 heavy (non-hydrogen) atoms. The molecule has 1 nitrogen and oxygen atoms in total. The number of fused-ring (bicyclic) bond motifs is 4. The normalized spacial score (nSPS) is 57.6. The largest absolute Gasteiger partial charge is 0.369 e. The summed E-state index contributed by atoms with van der Waals surface area (Å²) in [7, 11) is 0. The molecule has 3 fully saturated rings. The van der Waals surface area contributed by atoms with Crippen LogP contribution >= 0.6 is 0 Å². The molecule has 0 N–H and O–H groups in total. The Hall–Kier alpha value is -0.0400. The Bertz CT molecular complexity index is 155. The van der Waals surface area contributed by atoms with E-state index in [1.54, 1.807) is 0 Å². The maximum atomic E-state index is 5.59. The number of rotatable bonds is 0. The van der Waals surface area contributed by atoms with Crippen LogP contribution in [-0.4, -0.2) is 12.2 Å². The summed E-state index contributed by atoms with van der Waals surface area (Å²) in [6, 6.07) is 0. The second kappa shape index (κ2) is 1.76. The van der Waals surface area contributed by atoms with Crippen LogP contribution in [0.15, 0.2) is 0 Å². The zero-order valence-corrected chi connectivity index (χ0v) is 6.25. The first-order valence-electron chi connectivity index (χ1n) is 4.59. The Labute approximate surface area is 61.8 Å². The minimum Gasteiger partial charge on any atom is -0.369 e. The zero-order chi connectivity index (χ0) is 6.55. The topological polar surface area (TPSA) is 12.5 Å². The average molecular weight is 138 g/mol. The van der Waals surface area contributed by atoms with Gasteiger partial charge in [-0.25, -0.2) is 0 Å². The van der Waals surface area contributed by atoms with E-state index in [9.17, 15) is 0 Å². The monoisotopic (exact) mass is 138 g/mol. The lowest BCUT2D eigenvalue weighted by molar-refractivity contribution is 0.290. The molecule has 3 aliphatic rings. The molecule has 0 amide bonds. The average Bonchev–Trinajstić information content (AvgIpc) is 2.55. The molecule has 0 spiro atoms. The molecule has 4 unspecified atom stereocenters. The predicted molar refractivity (Wildman–Crippen MR) is 38.7 cm³/mol. The molecule has 2 bridgehead atoms. The van der Waals surface area contributed by atoms with E-state index < -0.39 is 0 Å². The molecule has 4 atom stereocenters. The SMILES string of the molecule is C1CC2CC1CCC1OC21. The maximum Gasteiger partial charge on any atom is 0.0870 e. The van der Waals surface area contributed by atoms with E-state index in [0.717, 1.165) is 11.8 Å². The van der Waals surface area contributed by atoms with Crippen molar-refractivity contribution in [1.29, 1.82) is 0 Å². The van der Waals surface area contributed by atoms with E-state index in [0.29, 0.717) is 12.2 Å². The van der Waals surface area contributed by atoms with Crippen molar-refractivity contribution in [1.82, 2.24) is 0 Å². The lowest BCUT2D eigenvalue weighted by atomic mass is 10.0. The number of hydrogen-bond donors (Lipinski definition) is 0. The summed E-state index contributed by atoms with van der Waals surface area (Å²) in [4.78, 5) is 0. The summed E-state index contributed by atoms with van der Waals surface area (Å²) in [6.45, 7) is 0. The van der Waals surface area contributed by atoms with E-state index in [4.69, 9.17) is 4.74 Å². The van der Waals surface area contributed by atoms with Gasteiger partial charge in [-0.15, -0.1) is 0 Å². The minimum atomic E-state index is 0.704. The van der Waals surface area contributed by atoms with Gasteiger partial charge >= 0.3 is 0 Å². The van der Waals surface area contributed by atoms with E-state index in [1.807, 2.05) is 0 Å². The van der Waals surface area contributed by atoms with Gasteiger partial charge in [-0.2, -0.15) is 0 Å². The Morgan fingerprint density at radius 1 is 1.00 bits per heavy atom. The van der Waals surface area contributed by atoms with Gasteiger partial charge in [-0.05, 0) is 37.5 Å². The standard InChI is InChI=1S/C9H14O/c1-3-7-5-6(1)2-4-8-9(7)10-8/h6-9H,1-5H2. The molecule has 1 aliphatic heterocycles.